The molecular weight excluding hydrogens is 414 g/mol. The van der Waals surface area contributed by atoms with Gasteiger partial charge in [0.05, 0.1) is 16.7 Å². The number of furan rings is 1. The maximum atomic E-state index is 12.1. The van der Waals surface area contributed by atoms with E-state index in [0.29, 0.717) is 21.6 Å². The first kappa shape index (κ1) is 18.5. The van der Waals surface area contributed by atoms with Crippen molar-refractivity contribution in [2.75, 3.05) is 0 Å². The molecule has 0 saturated carbocycles. The minimum Gasteiger partial charge on any atom is -0.455 e. The van der Waals surface area contributed by atoms with E-state index < -0.39 is 4.92 Å². The molecule has 8 heteroatoms. The van der Waals surface area contributed by atoms with Crippen molar-refractivity contribution >= 4 is 33.7 Å². The van der Waals surface area contributed by atoms with Crippen LogP contribution in [0.15, 0.2) is 68.6 Å². The molecule has 1 aromatic heterocycles. The van der Waals surface area contributed by atoms with Crippen LogP contribution < -0.4 is 5.43 Å². The molecule has 0 aliphatic carbocycles. The highest BCUT2D eigenvalue weighted by Gasteiger charge is 2.12. The van der Waals surface area contributed by atoms with Crippen LogP contribution in [0, 0.1) is 17.0 Å². The highest BCUT2D eigenvalue weighted by molar-refractivity contribution is 9.10. The van der Waals surface area contributed by atoms with Crippen molar-refractivity contribution in [2.45, 2.75) is 6.92 Å². The summed E-state index contributed by atoms with van der Waals surface area (Å²) in [5, 5.41) is 14.7. The summed E-state index contributed by atoms with van der Waals surface area (Å²) in [6.07, 6.45) is 1.39. The highest BCUT2D eigenvalue weighted by Crippen LogP contribution is 2.28. The van der Waals surface area contributed by atoms with Crippen molar-refractivity contribution in [1.82, 2.24) is 5.43 Å². The molecule has 2 aromatic carbocycles. The van der Waals surface area contributed by atoms with Crippen LogP contribution in [0.5, 0.6) is 0 Å². The Bertz CT molecular complexity index is 1040. The van der Waals surface area contributed by atoms with Gasteiger partial charge in [-0.3, -0.25) is 14.9 Å². The van der Waals surface area contributed by atoms with E-state index in [1.165, 1.54) is 18.3 Å². The number of rotatable bonds is 5. The van der Waals surface area contributed by atoms with Crippen LogP contribution in [0.3, 0.4) is 0 Å². The third-order valence-corrected chi connectivity index (χ3v) is 4.48. The van der Waals surface area contributed by atoms with Gasteiger partial charge in [0.15, 0.2) is 0 Å². The van der Waals surface area contributed by atoms with E-state index in [-0.39, 0.29) is 11.6 Å². The zero-order valence-corrected chi connectivity index (χ0v) is 15.8. The van der Waals surface area contributed by atoms with Gasteiger partial charge >= 0.3 is 0 Å². The number of non-ortho nitro benzene ring substituents is 1. The van der Waals surface area contributed by atoms with E-state index in [1.54, 1.807) is 43.3 Å². The van der Waals surface area contributed by atoms with E-state index in [9.17, 15) is 14.9 Å². The molecule has 1 amide bonds. The molecule has 0 atom stereocenters. The number of carbonyl (C=O) groups is 1. The number of hydrazone groups is 1. The Balaban J connectivity index is 1.71. The number of nitrogens with zero attached hydrogens (tertiary/aromatic N) is 2. The molecule has 0 fully saturated rings. The standard InChI is InChI=1S/C19H14BrN3O4/c1-12-10-13(23(25)26)6-8-15(12)18-9-7-14(27-18)11-21-22-19(24)16-4-2-3-5-17(16)20/h2-11H,1H3,(H,22,24). The minimum absolute atomic E-state index is 0.0272. The molecule has 0 unspecified atom stereocenters. The molecule has 3 aromatic rings. The van der Waals surface area contributed by atoms with Crippen LogP contribution in [0.4, 0.5) is 5.69 Å². The summed E-state index contributed by atoms with van der Waals surface area (Å²) >= 11 is 3.31. The predicted molar refractivity (Wildman–Crippen MR) is 105 cm³/mol. The smallest absolute Gasteiger partial charge is 0.272 e. The fraction of sp³-hybridized carbons (Fsp3) is 0.0526. The molecule has 0 aliphatic rings. The zero-order chi connectivity index (χ0) is 19.4. The number of nitro benzene ring substituents is 1. The first-order valence-corrected chi connectivity index (χ1v) is 8.68. The van der Waals surface area contributed by atoms with E-state index in [1.807, 2.05) is 6.07 Å². The lowest BCUT2D eigenvalue weighted by Crippen LogP contribution is -2.17. The molecule has 0 spiro atoms. The van der Waals surface area contributed by atoms with Gasteiger partial charge in [0, 0.05) is 22.2 Å². The first-order chi connectivity index (χ1) is 13.0. The maximum Gasteiger partial charge on any atom is 0.272 e. The summed E-state index contributed by atoms with van der Waals surface area (Å²) in [6, 6.07) is 15.0. The van der Waals surface area contributed by atoms with Gasteiger partial charge in [0.25, 0.3) is 11.6 Å². The van der Waals surface area contributed by atoms with E-state index in [0.717, 1.165) is 11.1 Å². The molecule has 27 heavy (non-hydrogen) atoms. The maximum absolute atomic E-state index is 12.1. The minimum atomic E-state index is -0.440. The quantitative estimate of drug-likeness (QED) is 0.362. The Morgan fingerprint density at radius 2 is 2.00 bits per heavy atom. The van der Waals surface area contributed by atoms with Gasteiger partial charge in [-0.1, -0.05) is 12.1 Å². The average molecular weight is 428 g/mol. The fourth-order valence-corrected chi connectivity index (χ4v) is 2.93. The number of hydrogen-bond acceptors (Lipinski definition) is 5. The van der Waals surface area contributed by atoms with Crippen molar-refractivity contribution in [1.29, 1.82) is 0 Å². The SMILES string of the molecule is Cc1cc([N+](=O)[O-])ccc1-c1ccc(C=NNC(=O)c2ccccc2Br)o1. The van der Waals surface area contributed by atoms with Gasteiger partial charge in [-0.05, 0) is 58.7 Å². The third-order valence-electron chi connectivity index (χ3n) is 3.79. The van der Waals surface area contributed by atoms with Crippen molar-refractivity contribution in [3.8, 4) is 11.3 Å². The van der Waals surface area contributed by atoms with Gasteiger partial charge in [-0.2, -0.15) is 5.10 Å². The van der Waals surface area contributed by atoms with Crippen molar-refractivity contribution in [3.63, 3.8) is 0 Å². The molecule has 7 nitrogen and oxygen atoms in total. The lowest BCUT2D eigenvalue weighted by atomic mass is 10.1. The summed E-state index contributed by atoms with van der Waals surface area (Å²) in [4.78, 5) is 22.5. The topological polar surface area (TPSA) is 97.7 Å². The van der Waals surface area contributed by atoms with Crippen LogP contribution in [0.25, 0.3) is 11.3 Å². The summed E-state index contributed by atoms with van der Waals surface area (Å²) in [7, 11) is 0. The van der Waals surface area contributed by atoms with Gasteiger partial charge in [0.1, 0.15) is 11.5 Å². The van der Waals surface area contributed by atoms with Crippen molar-refractivity contribution in [3.05, 3.63) is 86.1 Å². The summed E-state index contributed by atoms with van der Waals surface area (Å²) in [6.45, 7) is 1.77. The number of hydrogen-bond donors (Lipinski definition) is 1. The lowest BCUT2D eigenvalue weighted by Gasteiger charge is -2.02. The normalized spacial score (nSPS) is 10.9. The molecule has 0 saturated heterocycles. The van der Waals surface area contributed by atoms with Crippen LogP contribution in [-0.2, 0) is 0 Å². The second-order valence-electron chi connectivity index (χ2n) is 5.64. The van der Waals surface area contributed by atoms with E-state index in [2.05, 4.69) is 26.5 Å². The average Bonchev–Trinajstić information content (AvgIpc) is 3.10. The Morgan fingerprint density at radius 3 is 2.70 bits per heavy atom. The first-order valence-electron chi connectivity index (χ1n) is 7.89. The summed E-state index contributed by atoms with van der Waals surface area (Å²) in [5.74, 6) is 0.646. The summed E-state index contributed by atoms with van der Waals surface area (Å²) < 4.78 is 6.36. The lowest BCUT2D eigenvalue weighted by molar-refractivity contribution is -0.384. The van der Waals surface area contributed by atoms with Gasteiger partial charge in [-0.25, -0.2) is 5.43 Å². The number of nitro groups is 1. The van der Waals surface area contributed by atoms with Gasteiger partial charge < -0.3 is 4.42 Å². The van der Waals surface area contributed by atoms with Crippen LogP contribution in [0.2, 0.25) is 0 Å². The second kappa shape index (κ2) is 7.96. The molecule has 3 rings (SSSR count). The summed E-state index contributed by atoms with van der Waals surface area (Å²) in [5.41, 5.74) is 4.40. The van der Waals surface area contributed by atoms with Gasteiger partial charge in [-0.15, -0.1) is 0 Å². The monoisotopic (exact) mass is 427 g/mol. The molecule has 0 radical (unpaired) electrons. The number of aryl methyl sites for hydroxylation is 1. The van der Waals surface area contributed by atoms with Crippen molar-refractivity contribution < 1.29 is 14.1 Å². The van der Waals surface area contributed by atoms with E-state index >= 15 is 0 Å². The van der Waals surface area contributed by atoms with Crippen LogP contribution in [0.1, 0.15) is 21.7 Å². The molecule has 0 bridgehead atoms. The highest BCUT2D eigenvalue weighted by atomic mass is 79.9. The molecule has 1 N–H and O–H groups in total. The Hall–Kier alpha value is -3.26. The van der Waals surface area contributed by atoms with Crippen molar-refractivity contribution in [2.24, 2.45) is 5.10 Å². The molecular formula is C19H14BrN3O4. The largest absolute Gasteiger partial charge is 0.455 e. The molecule has 0 aliphatic heterocycles. The Kier molecular flexibility index (Phi) is 5.46. The van der Waals surface area contributed by atoms with Gasteiger partial charge in [0.2, 0.25) is 0 Å². The number of halogens is 1. The number of carbonyl (C=O) groups excluding carboxylic acids is 1. The number of benzene rings is 2. The van der Waals surface area contributed by atoms with Crippen LogP contribution in [-0.4, -0.2) is 17.0 Å². The zero-order valence-electron chi connectivity index (χ0n) is 14.2. The second-order valence-corrected chi connectivity index (χ2v) is 6.49. The number of amides is 1. The van der Waals surface area contributed by atoms with E-state index in [4.69, 9.17) is 4.42 Å². The number of nitrogens with one attached hydrogen (secondary N) is 1. The fourth-order valence-electron chi connectivity index (χ4n) is 2.46. The Labute approximate surface area is 163 Å². The molecule has 136 valence electrons. The molecule has 1 heterocycles. The third kappa shape index (κ3) is 4.29. The Morgan fingerprint density at radius 1 is 1.22 bits per heavy atom. The predicted octanol–water partition coefficient (Wildman–Crippen LogP) is 4.69. The van der Waals surface area contributed by atoms with Crippen LogP contribution >= 0.6 is 15.9 Å².